The number of aromatic nitrogens is 5. The molecule has 9 nitrogen and oxygen atoms in total. The van der Waals surface area contributed by atoms with Gasteiger partial charge >= 0.3 is 5.97 Å². The summed E-state index contributed by atoms with van der Waals surface area (Å²) in [7, 11) is 0. The first-order chi connectivity index (χ1) is 14.0. The summed E-state index contributed by atoms with van der Waals surface area (Å²) in [6.07, 6.45) is 1.40. The zero-order valence-corrected chi connectivity index (χ0v) is 16.4. The van der Waals surface area contributed by atoms with E-state index in [2.05, 4.69) is 24.1 Å². The highest BCUT2D eigenvalue weighted by atomic mass is 32.1. The van der Waals surface area contributed by atoms with E-state index in [-0.39, 0.29) is 5.56 Å². The van der Waals surface area contributed by atoms with Crippen LogP contribution in [0.1, 0.15) is 21.7 Å². The predicted molar refractivity (Wildman–Crippen MR) is 107 cm³/mol. The number of amides is 1. The van der Waals surface area contributed by atoms with Gasteiger partial charge in [-0.2, -0.15) is 13.8 Å². The molecule has 0 aliphatic rings. The van der Waals surface area contributed by atoms with Crippen LogP contribution in [0.3, 0.4) is 0 Å². The van der Waals surface area contributed by atoms with Crippen molar-refractivity contribution >= 4 is 40.3 Å². The van der Waals surface area contributed by atoms with Crippen molar-refractivity contribution in [1.29, 1.82) is 0 Å². The van der Waals surface area contributed by atoms with Gasteiger partial charge in [0.1, 0.15) is 11.0 Å². The number of esters is 1. The number of carbonyl (C=O) groups is 2. The average Bonchev–Trinajstić information content (AvgIpc) is 3.33. The van der Waals surface area contributed by atoms with Crippen molar-refractivity contribution in [1.82, 2.24) is 23.5 Å². The molecule has 29 heavy (non-hydrogen) atoms. The normalized spacial score (nSPS) is 10.8. The van der Waals surface area contributed by atoms with Crippen LogP contribution in [0, 0.1) is 13.8 Å². The molecule has 3 heterocycles. The fourth-order valence-electron chi connectivity index (χ4n) is 2.80. The third-order valence-electron chi connectivity index (χ3n) is 4.10. The van der Waals surface area contributed by atoms with Gasteiger partial charge in [0.15, 0.2) is 12.4 Å². The minimum Gasteiger partial charge on any atom is -0.452 e. The van der Waals surface area contributed by atoms with Gasteiger partial charge in [-0.15, -0.1) is 0 Å². The number of hydrogen-bond donors (Lipinski definition) is 1. The zero-order chi connectivity index (χ0) is 20.4. The molecule has 4 rings (SSSR count). The van der Waals surface area contributed by atoms with Gasteiger partial charge in [-0.3, -0.25) is 4.79 Å². The summed E-state index contributed by atoms with van der Waals surface area (Å²) < 4.78 is 15.0. The quantitative estimate of drug-likeness (QED) is 0.505. The number of nitrogens with one attached hydrogen (secondary N) is 1. The Bertz CT molecular complexity index is 1200. The molecule has 0 aliphatic carbocycles. The average molecular weight is 408 g/mol. The first-order valence-corrected chi connectivity index (χ1v) is 9.42. The molecule has 4 aromatic rings. The van der Waals surface area contributed by atoms with E-state index in [4.69, 9.17) is 4.74 Å². The van der Waals surface area contributed by atoms with Crippen molar-refractivity contribution in [2.24, 2.45) is 0 Å². The molecule has 146 valence electrons. The van der Waals surface area contributed by atoms with Gasteiger partial charge < -0.3 is 10.1 Å². The monoisotopic (exact) mass is 408 g/mol. The maximum absolute atomic E-state index is 12.2. The number of hydrogen-bond acceptors (Lipinski definition) is 8. The molecule has 0 aliphatic heterocycles. The number of aryl methyl sites for hydroxylation is 2. The molecule has 10 heteroatoms. The zero-order valence-electron chi connectivity index (χ0n) is 15.6. The van der Waals surface area contributed by atoms with Crippen molar-refractivity contribution in [3.63, 3.8) is 0 Å². The smallest absolute Gasteiger partial charge is 0.340 e. The molecular weight excluding hydrogens is 392 g/mol. The second-order valence-corrected chi connectivity index (χ2v) is 6.83. The van der Waals surface area contributed by atoms with Gasteiger partial charge in [0, 0.05) is 11.9 Å². The molecule has 0 atom stereocenters. The first-order valence-electron chi connectivity index (χ1n) is 8.69. The summed E-state index contributed by atoms with van der Waals surface area (Å²) in [5.41, 5.74) is 3.87. The molecule has 1 N–H and O–H groups in total. The summed E-state index contributed by atoms with van der Waals surface area (Å²) in [5.74, 6) is -0.512. The molecule has 0 unspecified atom stereocenters. The van der Waals surface area contributed by atoms with Gasteiger partial charge in [-0.1, -0.05) is 6.07 Å². The molecule has 0 saturated heterocycles. The van der Waals surface area contributed by atoms with Crippen LogP contribution in [0.15, 0.2) is 42.6 Å². The Hall–Kier alpha value is -3.66. The Labute approximate surface area is 169 Å². The number of pyridine rings is 1. The summed E-state index contributed by atoms with van der Waals surface area (Å²) in [4.78, 5) is 28.6. The maximum atomic E-state index is 12.2. The third-order valence-corrected chi connectivity index (χ3v) is 4.65. The predicted octanol–water partition coefficient (Wildman–Crippen LogP) is 2.68. The van der Waals surface area contributed by atoms with Gasteiger partial charge in [-0.05, 0) is 44.2 Å². The molecule has 3 aromatic heterocycles. The van der Waals surface area contributed by atoms with Crippen LogP contribution in [0.2, 0.25) is 0 Å². The van der Waals surface area contributed by atoms with Gasteiger partial charge in [0.2, 0.25) is 0 Å². The van der Waals surface area contributed by atoms with Crippen LogP contribution in [0.25, 0.3) is 16.9 Å². The van der Waals surface area contributed by atoms with E-state index < -0.39 is 18.5 Å². The Morgan fingerprint density at radius 3 is 2.76 bits per heavy atom. The molecule has 0 spiro atoms. The summed E-state index contributed by atoms with van der Waals surface area (Å²) >= 11 is 1.06. The minimum atomic E-state index is -0.638. The van der Waals surface area contributed by atoms with E-state index in [1.807, 2.05) is 19.9 Å². The van der Waals surface area contributed by atoms with E-state index in [9.17, 15) is 9.59 Å². The third kappa shape index (κ3) is 3.97. The highest BCUT2D eigenvalue weighted by Gasteiger charge is 2.14. The van der Waals surface area contributed by atoms with E-state index in [1.54, 1.807) is 35.0 Å². The molecule has 0 bridgehead atoms. The first kappa shape index (κ1) is 18.7. The number of ether oxygens (including phenoxy) is 1. The molecule has 0 radical (unpaired) electrons. The SMILES string of the molecule is Cc1cc(C)n(-c2ccc(C(=O)OCC(=O)Nc3cccc4nsnc34)cn2)n1. The van der Waals surface area contributed by atoms with Crippen molar-refractivity contribution in [3.05, 3.63) is 59.5 Å². The molecular formula is C19H16N6O3S. The Morgan fingerprint density at radius 2 is 2.03 bits per heavy atom. The molecule has 0 fully saturated rings. The Kier molecular flexibility index (Phi) is 5.00. The van der Waals surface area contributed by atoms with Gasteiger partial charge in [-0.25, -0.2) is 14.5 Å². The minimum absolute atomic E-state index is 0.244. The maximum Gasteiger partial charge on any atom is 0.340 e. The molecule has 1 aromatic carbocycles. The lowest BCUT2D eigenvalue weighted by Crippen LogP contribution is -2.21. The van der Waals surface area contributed by atoms with E-state index >= 15 is 0 Å². The topological polar surface area (TPSA) is 112 Å². The summed E-state index contributed by atoms with van der Waals surface area (Å²) in [6, 6.07) is 10.5. The standard InChI is InChI=1S/C19H16N6O3S/c1-11-8-12(2)25(22-11)16-7-6-13(9-20-16)19(27)28-10-17(26)21-14-4-3-5-15-18(14)24-29-23-15/h3-9H,10H2,1-2H3,(H,21,26). The van der Waals surface area contributed by atoms with E-state index in [1.165, 1.54) is 6.20 Å². The fraction of sp³-hybridized carbons (Fsp3) is 0.158. The Balaban J connectivity index is 1.37. The largest absolute Gasteiger partial charge is 0.452 e. The lowest BCUT2D eigenvalue weighted by Gasteiger charge is -2.07. The molecule has 0 saturated carbocycles. The fourth-order valence-corrected chi connectivity index (χ4v) is 3.35. The van der Waals surface area contributed by atoms with Crippen molar-refractivity contribution < 1.29 is 14.3 Å². The number of anilines is 1. The molecule has 1 amide bonds. The second-order valence-electron chi connectivity index (χ2n) is 6.31. The van der Waals surface area contributed by atoms with Gasteiger partial charge in [0.25, 0.3) is 5.91 Å². The van der Waals surface area contributed by atoms with Crippen molar-refractivity contribution in [3.8, 4) is 5.82 Å². The number of carbonyl (C=O) groups excluding carboxylic acids is 2. The van der Waals surface area contributed by atoms with Gasteiger partial charge in [0.05, 0.1) is 28.7 Å². The summed E-state index contributed by atoms with van der Waals surface area (Å²) in [6.45, 7) is 3.39. The Morgan fingerprint density at radius 1 is 1.17 bits per heavy atom. The van der Waals surface area contributed by atoms with Crippen LogP contribution in [-0.2, 0) is 9.53 Å². The van der Waals surface area contributed by atoms with Crippen molar-refractivity contribution in [2.45, 2.75) is 13.8 Å². The lowest BCUT2D eigenvalue weighted by atomic mass is 10.2. The van der Waals surface area contributed by atoms with E-state index in [0.29, 0.717) is 22.5 Å². The lowest BCUT2D eigenvalue weighted by molar-refractivity contribution is -0.119. The second kappa shape index (κ2) is 7.76. The van der Waals surface area contributed by atoms with Crippen LogP contribution >= 0.6 is 11.7 Å². The highest BCUT2D eigenvalue weighted by molar-refractivity contribution is 7.00. The van der Waals surface area contributed by atoms with Crippen LogP contribution in [-0.4, -0.2) is 42.0 Å². The van der Waals surface area contributed by atoms with Crippen molar-refractivity contribution in [2.75, 3.05) is 11.9 Å². The number of benzene rings is 1. The number of nitrogens with zero attached hydrogens (tertiary/aromatic N) is 5. The van der Waals surface area contributed by atoms with Crippen LogP contribution < -0.4 is 5.32 Å². The summed E-state index contributed by atoms with van der Waals surface area (Å²) in [5, 5.41) is 7.03. The number of fused-ring (bicyclic) bond motifs is 1. The van der Waals surface area contributed by atoms with Crippen LogP contribution in [0.4, 0.5) is 5.69 Å². The highest BCUT2D eigenvalue weighted by Crippen LogP contribution is 2.21. The van der Waals surface area contributed by atoms with Crippen LogP contribution in [0.5, 0.6) is 0 Å². The number of rotatable bonds is 5. The van der Waals surface area contributed by atoms with E-state index in [0.717, 1.165) is 23.1 Å².